The Labute approximate surface area is 80.2 Å². The Bertz CT molecular complexity index is 347. The first-order chi connectivity index (χ1) is 6.04. The highest BCUT2D eigenvalue weighted by Crippen LogP contribution is 2.21. The van der Waals surface area contributed by atoms with Gasteiger partial charge >= 0.3 is 0 Å². The van der Waals surface area contributed by atoms with Gasteiger partial charge in [0.05, 0.1) is 0 Å². The monoisotopic (exact) mass is 173 g/mol. The van der Waals surface area contributed by atoms with Crippen LogP contribution in [0.5, 0.6) is 0 Å². The van der Waals surface area contributed by atoms with E-state index in [0.29, 0.717) is 0 Å². The molecule has 0 saturated heterocycles. The zero-order valence-corrected chi connectivity index (χ0v) is 8.68. The zero-order valence-electron chi connectivity index (χ0n) is 8.68. The van der Waals surface area contributed by atoms with Crippen LogP contribution in [0.25, 0.3) is 0 Å². The van der Waals surface area contributed by atoms with Gasteiger partial charge in [-0.2, -0.15) is 0 Å². The van der Waals surface area contributed by atoms with Crippen LogP contribution in [0.3, 0.4) is 0 Å². The van der Waals surface area contributed by atoms with Crippen LogP contribution in [0, 0.1) is 11.8 Å². The van der Waals surface area contributed by atoms with E-state index in [0.717, 1.165) is 5.69 Å². The molecule has 0 unspecified atom stereocenters. The first-order valence-corrected chi connectivity index (χ1v) is 4.43. The van der Waals surface area contributed by atoms with Crippen molar-refractivity contribution in [2.24, 2.45) is 0 Å². The molecule has 1 aromatic rings. The van der Waals surface area contributed by atoms with E-state index in [1.165, 1.54) is 5.56 Å². The summed E-state index contributed by atoms with van der Waals surface area (Å²) in [7, 11) is 0. The highest BCUT2D eigenvalue weighted by Gasteiger charge is 2.13. The van der Waals surface area contributed by atoms with Gasteiger partial charge in [-0.05, 0) is 36.0 Å². The summed E-state index contributed by atoms with van der Waals surface area (Å²) in [4.78, 5) is 4.17. The summed E-state index contributed by atoms with van der Waals surface area (Å²) in [5.41, 5.74) is 2.31. The van der Waals surface area contributed by atoms with E-state index in [-0.39, 0.29) is 5.41 Å². The van der Waals surface area contributed by atoms with Crippen molar-refractivity contribution >= 4 is 0 Å². The molecule has 0 fully saturated rings. The second-order valence-corrected chi connectivity index (χ2v) is 4.05. The fourth-order valence-corrected chi connectivity index (χ4v) is 1.09. The summed E-state index contributed by atoms with van der Waals surface area (Å²) in [5.74, 6) is 5.81. The lowest BCUT2D eigenvalue weighted by Crippen LogP contribution is -2.11. The summed E-state index contributed by atoms with van der Waals surface area (Å²) in [6, 6.07) is 4.09. The van der Waals surface area contributed by atoms with Gasteiger partial charge in [-0.3, -0.25) is 0 Å². The smallest absolute Gasteiger partial charge is 0.113 e. The predicted octanol–water partition coefficient (Wildman–Crippen LogP) is 2.75. The minimum Gasteiger partial charge on any atom is -0.248 e. The minimum atomic E-state index is 0.174. The van der Waals surface area contributed by atoms with Crippen molar-refractivity contribution in [1.82, 2.24) is 4.98 Å². The molecule has 0 aliphatic heterocycles. The molecule has 0 atom stereocenters. The summed E-state index contributed by atoms with van der Waals surface area (Å²) in [6.45, 7) is 8.38. The highest BCUT2D eigenvalue weighted by molar-refractivity contribution is 5.33. The van der Waals surface area contributed by atoms with Gasteiger partial charge < -0.3 is 0 Å². The van der Waals surface area contributed by atoms with Crippen molar-refractivity contribution in [2.45, 2.75) is 33.1 Å². The Morgan fingerprint density at radius 1 is 1.31 bits per heavy atom. The van der Waals surface area contributed by atoms with Crippen LogP contribution in [0.4, 0.5) is 0 Å². The number of aromatic nitrogens is 1. The summed E-state index contributed by atoms with van der Waals surface area (Å²) >= 11 is 0. The number of pyridine rings is 1. The molecule has 0 aliphatic rings. The van der Waals surface area contributed by atoms with Gasteiger partial charge in [0.2, 0.25) is 0 Å². The second kappa shape index (κ2) is 3.62. The maximum Gasteiger partial charge on any atom is 0.113 e. The first kappa shape index (κ1) is 9.80. The molecular weight excluding hydrogens is 158 g/mol. The van der Waals surface area contributed by atoms with E-state index >= 15 is 0 Å². The van der Waals surface area contributed by atoms with Crippen LogP contribution in [0.2, 0.25) is 0 Å². The molecule has 1 aromatic heterocycles. The standard InChI is InChI=1S/C12H15N/c1-5-6-11-9-10(7-8-13-11)12(2,3)4/h7-9H,1-4H3. The maximum atomic E-state index is 4.17. The Morgan fingerprint density at radius 2 is 2.00 bits per heavy atom. The molecular formula is C12H15N. The molecule has 1 rings (SSSR count). The van der Waals surface area contributed by atoms with Crippen molar-refractivity contribution < 1.29 is 0 Å². The summed E-state index contributed by atoms with van der Waals surface area (Å²) < 4.78 is 0. The van der Waals surface area contributed by atoms with Gasteiger partial charge in [0.25, 0.3) is 0 Å². The van der Waals surface area contributed by atoms with Crippen molar-refractivity contribution in [3.8, 4) is 11.8 Å². The molecule has 0 radical (unpaired) electrons. The normalized spacial score (nSPS) is 10.5. The Balaban J connectivity index is 3.10. The SMILES string of the molecule is CC#Cc1cc(C(C)(C)C)ccn1. The largest absolute Gasteiger partial charge is 0.248 e. The van der Waals surface area contributed by atoms with E-state index in [4.69, 9.17) is 0 Å². The van der Waals surface area contributed by atoms with E-state index in [1.54, 1.807) is 0 Å². The molecule has 0 aromatic carbocycles. The third-order valence-electron chi connectivity index (χ3n) is 1.88. The zero-order chi connectivity index (χ0) is 9.90. The molecule has 0 bridgehead atoms. The lowest BCUT2D eigenvalue weighted by Gasteiger charge is -2.18. The van der Waals surface area contributed by atoms with Gasteiger partial charge in [-0.1, -0.05) is 26.7 Å². The fourth-order valence-electron chi connectivity index (χ4n) is 1.09. The van der Waals surface area contributed by atoms with Crippen LogP contribution in [0.15, 0.2) is 18.3 Å². The van der Waals surface area contributed by atoms with Crippen LogP contribution < -0.4 is 0 Å². The molecule has 13 heavy (non-hydrogen) atoms. The number of hydrogen-bond acceptors (Lipinski definition) is 1. The molecule has 0 N–H and O–H groups in total. The van der Waals surface area contributed by atoms with Gasteiger partial charge in [-0.25, -0.2) is 4.98 Å². The Hall–Kier alpha value is -1.29. The van der Waals surface area contributed by atoms with Crippen molar-refractivity contribution in [1.29, 1.82) is 0 Å². The molecule has 0 aliphatic carbocycles. The number of hydrogen-bond donors (Lipinski definition) is 0. The minimum absolute atomic E-state index is 0.174. The van der Waals surface area contributed by atoms with E-state index in [9.17, 15) is 0 Å². The summed E-state index contributed by atoms with van der Waals surface area (Å²) in [6.07, 6.45) is 1.82. The molecule has 1 heteroatoms. The summed E-state index contributed by atoms with van der Waals surface area (Å²) in [5, 5.41) is 0. The molecule has 1 nitrogen and oxygen atoms in total. The van der Waals surface area contributed by atoms with E-state index in [1.807, 2.05) is 19.2 Å². The topological polar surface area (TPSA) is 12.9 Å². The third-order valence-corrected chi connectivity index (χ3v) is 1.88. The lowest BCUT2D eigenvalue weighted by atomic mass is 9.87. The van der Waals surface area contributed by atoms with E-state index in [2.05, 4.69) is 43.7 Å². The van der Waals surface area contributed by atoms with E-state index < -0.39 is 0 Å². The van der Waals surface area contributed by atoms with Crippen LogP contribution >= 0.6 is 0 Å². The maximum absolute atomic E-state index is 4.17. The van der Waals surface area contributed by atoms with Crippen LogP contribution in [-0.2, 0) is 5.41 Å². The Morgan fingerprint density at radius 3 is 2.54 bits per heavy atom. The van der Waals surface area contributed by atoms with Gasteiger partial charge in [0.1, 0.15) is 5.69 Å². The molecule has 68 valence electrons. The van der Waals surface area contributed by atoms with Gasteiger partial charge in [0.15, 0.2) is 0 Å². The molecule has 0 amide bonds. The quantitative estimate of drug-likeness (QED) is 0.550. The average Bonchev–Trinajstić information content (AvgIpc) is 2.04. The van der Waals surface area contributed by atoms with Crippen molar-refractivity contribution in [3.05, 3.63) is 29.6 Å². The van der Waals surface area contributed by atoms with Crippen LogP contribution in [0.1, 0.15) is 39.0 Å². The molecule has 0 saturated carbocycles. The second-order valence-electron chi connectivity index (χ2n) is 4.05. The molecule has 1 heterocycles. The number of nitrogens with zero attached hydrogens (tertiary/aromatic N) is 1. The Kier molecular flexibility index (Phi) is 2.72. The molecule has 0 spiro atoms. The van der Waals surface area contributed by atoms with Gasteiger partial charge in [-0.15, -0.1) is 0 Å². The van der Waals surface area contributed by atoms with Crippen LogP contribution in [-0.4, -0.2) is 4.98 Å². The fraction of sp³-hybridized carbons (Fsp3) is 0.417. The highest BCUT2D eigenvalue weighted by atomic mass is 14.7. The third kappa shape index (κ3) is 2.59. The van der Waals surface area contributed by atoms with Crippen molar-refractivity contribution in [3.63, 3.8) is 0 Å². The van der Waals surface area contributed by atoms with Gasteiger partial charge in [0, 0.05) is 6.20 Å². The lowest BCUT2D eigenvalue weighted by molar-refractivity contribution is 0.589. The van der Waals surface area contributed by atoms with Crippen molar-refractivity contribution in [2.75, 3.05) is 0 Å². The predicted molar refractivity (Wildman–Crippen MR) is 55.5 cm³/mol. The number of rotatable bonds is 0. The first-order valence-electron chi connectivity index (χ1n) is 4.43. The average molecular weight is 173 g/mol.